The van der Waals surface area contributed by atoms with Crippen LogP contribution >= 0.6 is 39.9 Å². The van der Waals surface area contributed by atoms with E-state index in [0.717, 1.165) is 23.4 Å². The van der Waals surface area contributed by atoms with E-state index in [1.54, 1.807) is 19.2 Å². The van der Waals surface area contributed by atoms with Crippen LogP contribution in [0.3, 0.4) is 0 Å². The van der Waals surface area contributed by atoms with Gasteiger partial charge < -0.3 is 20.3 Å². The van der Waals surface area contributed by atoms with Crippen LogP contribution in [0.5, 0.6) is 0 Å². The zero-order valence-electron chi connectivity index (χ0n) is 16.4. The maximum Gasteiger partial charge on any atom is 0.310 e. The summed E-state index contributed by atoms with van der Waals surface area (Å²) in [5.74, 6) is 0.607. The molecule has 0 saturated carbocycles. The molecule has 1 amide bonds. The van der Waals surface area contributed by atoms with Crippen LogP contribution in [0, 0.1) is 11.8 Å². The number of amides is 1. The Hall–Kier alpha value is -1.36. The average Bonchev–Trinajstić information content (AvgIpc) is 3.05. The van der Waals surface area contributed by atoms with Crippen LogP contribution in [0.2, 0.25) is 0 Å². The lowest BCUT2D eigenvalue weighted by atomic mass is 9.99. The molecule has 1 fully saturated rings. The first-order valence-electron chi connectivity index (χ1n) is 9.03. The van der Waals surface area contributed by atoms with Gasteiger partial charge >= 0.3 is 5.97 Å². The summed E-state index contributed by atoms with van der Waals surface area (Å²) in [7, 11) is 3.15. The van der Waals surface area contributed by atoms with Crippen LogP contribution in [-0.2, 0) is 9.53 Å². The molecule has 1 aliphatic rings. The molecule has 1 saturated heterocycles. The third-order valence-electron chi connectivity index (χ3n) is 4.64. The van der Waals surface area contributed by atoms with E-state index in [1.165, 1.54) is 7.11 Å². The van der Waals surface area contributed by atoms with Gasteiger partial charge in [0, 0.05) is 43.3 Å². The molecule has 2 rings (SSSR count). The van der Waals surface area contributed by atoms with Gasteiger partial charge in [0.15, 0.2) is 5.96 Å². The summed E-state index contributed by atoms with van der Waals surface area (Å²) in [5.41, 5.74) is 0.632. The monoisotopic (exact) mass is 566 g/mol. The van der Waals surface area contributed by atoms with Crippen molar-refractivity contribution in [3.8, 4) is 0 Å². The molecule has 0 aliphatic carbocycles. The van der Waals surface area contributed by atoms with Gasteiger partial charge in [0.25, 0.3) is 5.91 Å². The summed E-state index contributed by atoms with van der Waals surface area (Å²) >= 11 is 3.36. The molecule has 0 bridgehead atoms. The average molecular weight is 567 g/mol. The molecule has 1 aromatic carbocycles. The molecule has 2 unspecified atom stereocenters. The van der Waals surface area contributed by atoms with Crippen molar-refractivity contribution >= 4 is 57.7 Å². The number of esters is 1. The molecular formula is C19H28BrIN4O3. The van der Waals surface area contributed by atoms with E-state index in [0.29, 0.717) is 25.2 Å². The Labute approximate surface area is 191 Å². The predicted octanol–water partition coefficient (Wildman–Crippen LogP) is 2.50. The van der Waals surface area contributed by atoms with Gasteiger partial charge in [-0.2, -0.15) is 0 Å². The molecule has 0 spiro atoms. The van der Waals surface area contributed by atoms with Crippen LogP contribution < -0.4 is 10.6 Å². The van der Waals surface area contributed by atoms with Gasteiger partial charge in [-0.3, -0.25) is 14.6 Å². The standard InChI is InChI=1S/C19H27BrN4O3.HI/c1-13-11-24(12-16(13)18(26)27-3)19(21-2)23-9-5-8-22-17(25)14-6-4-7-15(20)10-14;/h4,6-7,10,13,16H,5,8-9,11-12H2,1-3H3,(H,21,23)(H,22,25);1H. The minimum Gasteiger partial charge on any atom is -0.469 e. The minimum absolute atomic E-state index is 0. The second-order valence-electron chi connectivity index (χ2n) is 6.61. The van der Waals surface area contributed by atoms with Crippen molar-refractivity contribution in [1.82, 2.24) is 15.5 Å². The Morgan fingerprint density at radius 2 is 2.00 bits per heavy atom. The quantitative estimate of drug-likeness (QED) is 0.182. The molecule has 2 N–H and O–H groups in total. The SMILES string of the molecule is CN=C(NCCCNC(=O)c1cccc(Br)c1)N1CC(C)C(C(=O)OC)C1.I. The molecule has 2 atom stereocenters. The fourth-order valence-corrected chi connectivity index (χ4v) is 3.55. The smallest absolute Gasteiger partial charge is 0.310 e. The van der Waals surface area contributed by atoms with Gasteiger partial charge in [-0.05, 0) is 30.5 Å². The number of carbonyl (C=O) groups is 2. The number of rotatable bonds is 6. The van der Waals surface area contributed by atoms with E-state index in [1.807, 2.05) is 19.1 Å². The number of benzene rings is 1. The molecule has 7 nitrogen and oxygen atoms in total. The number of nitrogens with one attached hydrogen (secondary N) is 2. The lowest BCUT2D eigenvalue weighted by Gasteiger charge is -2.21. The van der Waals surface area contributed by atoms with E-state index in [2.05, 4.69) is 36.5 Å². The largest absolute Gasteiger partial charge is 0.469 e. The molecule has 1 heterocycles. The fraction of sp³-hybridized carbons (Fsp3) is 0.526. The Morgan fingerprint density at radius 1 is 1.29 bits per heavy atom. The molecule has 28 heavy (non-hydrogen) atoms. The highest BCUT2D eigenvalue weighted by molar-refractivity contribution is 14.0. The van der Waals surface area contributed by atoms with E-state index >= 15 is 0 Å². The predicted molar refractivity (Wildman–Crippen MR) is 124 cm³/mol. The van der Waals surface area contributed by atoms with Crippen molar-refractivity contribution in [1.29, 1.82) is 0 Å². The fourth-order valence-electron chi connectivity index (χ4n) is 3.15. The molecular weight excluding hydrogens is 539 g/mol. The van der Waals surface area contributed by atoms with Crippen LogP contribution in [-0.4, -0.2) is 63.1 Å². The Bertz CT molecular complexity index is 702. The highest BCUT2D eigenvalue weighted by Crippen LogP contribution is 2.24. The number of aliphatic imine (C=N–C) groups is 1. The lowest BCUT2D eigenvalue weighted by molar-refractivity contribution is -0.145. The van der Waals surface area contributed by atoms with Gasteiger partial charge in [0.1, 0.15) is 0 Å². The van der Waals surface area contributed by atoms with Crippen LogP contribution in [0.25, 0.3) is 0 Å². The van der Waals surface area contributed by atoms with Crippen LogP contribution in [0.15, 0.2) is 33.7 Å². The molecule has 1 aliphatic heterocycles. The number of halogens is 2. The van der Waals surface area contributed by atoms with Crippen molar-refractivity contribution in [2.75, 3.05) is 40.3 Å². The summed E-state index contributed by atoms with van der Waals surface area (Å²) in [6, 6.07) is 7.30. The highest BCUT2D eigenvalue weighted by atomic mass is 127. The van der Waals surface area contributed by atoms with Crippen LogP contribution in [0.4, 0.5) is 0 Å². The summed E-state index contributed by atoms with van der Waals surface area (Å²) in [5, 5.41) is 6.21. The Kier molecular flexibility index (Phi) is 10.8. The normalized spacial score (nSPS) is 19.0. The summed E-state index contributed by atoms with van der Waals surface area (Å²) < 4.78 is 5.76. The minimum atomic E-state index is -0.171. The summed E-state index contributed by atoms with van der Waals surface area (Å²) in [6.07, 6.45) is 0.766. The number of ether oxygens (including phenoxy) is 1. The maximum absolute atomic E-state index is 12.1. The van der Waals surface area contributed by atoms with E-state index in [9.17, 15) is 9.59 Å². The summed E-state index contributed by atoms with van der Waals surface area (Å²) in [4.78, 5) is 30.3. The molecule has 0 radical (unpaired) electrons. The molecule has 1 aromatic rings. The van der Waals surface area contributed by atoms with Crippen molar-refractivity contribution < 1.29 is 14.3 Å². The molecule has 156 valence electrons. The first-order chi connectivity index (χ1) is 13.0. The number of methoxy groups -OCH3 is 1. The number of carbonyl (C=O) groups excluding carboxylic acids is 2. The van der Waals surface area contributed by atoms with Crippen LogP contribution in [0.1, 0.15) is 23.7 Å². The topological polar surface area (TPSA) is 83.0 Å². The zero-order valence-corrected chi connectivity index (χ0v) is 20.3. The second kappa shape index (κ2) is 12.3. The van der Waals surface area contributed by atoms with Crippen molar-refractivity contribution in [2.45, 2.75) is 13.3 Å². The van der Waals surface area contributed by atoms with Gasteiger partial charge in [0.05, 0.1) is 13.0 Å². The Morgan fingerprint density at radius 3 is 2.64 bits per heavy atom. The van der Waals surface area contributed by atoms with E-state index in [-0.39, 0.29) is 47.7 Å². The number of hydrogen-bond donors (Lipinski definition) is 2. The number of nitrogens with zero attached hydrogens (tertiary/aromatic N) is 2. The van der Waals surface area contributed by atoms with Crippen molar-refractivity contribution in [2.24, 2.45) is 16.8 Å². The first-order valence-corrected chi connectivity index (χ1v) is 9.82. The molecule has 0 aromatic heterocycles. The van der Waals surface area contributed by atoms with Crippen molar-refractivity contribution in [3.63, 3.8) is 0 Å². The number of guanidine groups is 1. The third kappa shape index (κ3) is 6.91. The van der Waals surface area contributed by atoms with Gasteiger partial charge in [-0.1, -0.05) is 28.9 Å². The lowest BCUT2D eigenvalue weighted by Crippen LogP contribution is -2.41. The first kappa shape index (κ1) is 24.7. The van der Waals surface area contributed by atoms with E-state index < -0.39 is 0 Å². The molecule has 9 heteroatoms. The second-order valence-corrected chi connectivity index (χ2v) is 7.52. The zero-order chi connectivity index (χ0) is 19.8. The highest BCUT2D eigenvalue weighted by Gasteiger charge is 2.36. The van der Waals surface area contributed by atoms with Gasteiger partial charge in [-0.25, -0.2) is 0 Å². The van der Waals surface area contributed by atoms with Gasteiger partial charge in [-0.15, -0.1) is 24.0 Å². The van der Waals surface area contributed by atoms with E-state index in [4.69, 9.17) is 4.74 Å². The maximum atomic E-state index is 12.1. The number of hydrogen-bond acceptors (Lipinski definition) is 4. The Balaban J connectivity index is 0.00000392. The third-order valence-corrected chi connectivity index (χ3v) is 5.13. The summed E-state index contributed by atoms with van der Waals surface area (Å²) in [6.45, 7) is 4.66. The van der Waals surface area contributed by atoms with Gasteiger partial charge in [0.2, 0.25) is 0 Å². The number of likely N-dealkylation sites (tertiary alicyclic amines) is 1. The van der Waals surface area contributed by atoms with Crippen molar-refractivity contribution in [3.05, 3.63) is 34.3 Å².